The molecule has 0 unspecified atom stereocenters. The zero-order valence-corrected chi connectivity index (χ0v) is 49.6. The van der Waals surface area contributed by atoms with Crippen molar-refractivity contribution in [2.75, 3.05) is 0 Å². The summed E-state index contributed by atoms with van der Waals surface area (Å²) in [6.45, 7) is 0. The normalized spacial score (nSPS) is 11.5. The van der Waals surface area contributed by atoms with Crippen molar-refractivity contribution in [2.24, 2.45) is 0 Å². The zero-order chi connectivity index (χ0) is 52.0. The van der Waals surface area contributed by atoms with Gasteiger partial charge in [-0.05, 0) is 0 Å². The number of hydrogen-bond donors (Lipinski definition) is 0. The molecule has 0 N–H and O–H groups in total. The Hall–Kier alpha value is -7.01. The third-order valence-corrected chi connectivity index (χ3v) is 15.7. The first-order valence-corrected chi connectivity index (χ1v) is 28.2. The summed E-state index contributed by atoms with van der Waals surface area (Å²) in [6, 6.07) is 101. The molecule has 0 fully saturated rings. The van der Waals surface area contributed by atoms with Crippen molar-refractivity contribution in [2.45, 2.75) is 12.8 Å². The number of hydrogen-bond acceptors (Lipinski definition) is 0. The van der Waals surface area contributed by atoms with Gasteiger partial charge in [0.15, 0.2) is 0 Å². The van der Waals surface area contributed by atoms with Crippen LogP contribution in [-0.2, 0) is 48.5 Å². The SMILES string of the molecule is [C-]1=C(c2ccccc2)C=CC1.[C-]1=C(c2ccccc2)C=CC1.[Cl-].[Cl-].[Zr+2]=[C](c1ccccc1)c1ccccc1.[Zr+2]=[C](c1ccccc1)c1ccccc1.c1ccc2c(c1)[cH-]c1ccccc12.c1ccc2c(c1)[cH-]c1ccccc12. The molecular weight excluding hydrogens is 1140 g/mol. The zero-order valence-electron chi connectivity index (χ0n) is 43.2. The van der Waals surface area contributed by atoms with Gasteiger partial charge in [-0.15, -0.1) is 127 Å². The molecule has 2 aliphatic carbocycles. The Morgan fingerprint density at radius 1 is 0.282 bits per heavy atom. The van der Waals surface area contributed by atoms with E-state index in [9.17, 15) is 0 Å². The van der Waals surface area contributed by atoms with Crippen molar-refractivity contribution in [3.63, 3.8) is 0 Å². The third kappa shape index (κ3) is 16.5. The van der Waals surface area contributed by atoms with E-state index in [0.717, 1.165) is 12.8 Å². The van der Waals surface area contributed by atoms with E-state index in [1.54, 1.807) is 0 Å². The first-order valence-electron chi connectivity index (χ1n) is 25.7. The van der Waals surface area contributed by atoms with E-state index >= 15 is 0 Å². The largest absolute Gasteiger partial charge is 0.126 e. The van der Waals surface area contributed by atoms with Gasteiger partial charge in [-0.3, -0.25) is 0 Å². The van der Waals surface area contributed by atoms with Gasteiger partial charge in [-0.1, -0.05) is 122 Å². The van der Waals surface area contributed by atoms with E-state index < -0.39 is 0 Å². The molecule has 376 valence electrons. The maximum atomic E-state index is 3.28. The number of allylic oxidation sites excluding steroid dienone is 8. The summed E-state index contributed by atoms with van der Waals surface area (Å²) in [7, 11) is 0. The minimum absolute atomic E-state index is 0. The molecule has 0 aromatic heterocycles. The van der Waals surface area contributed by atoms with Gasteiger partial charge in [0, 0.05) is 0 Å². The topological polar surface area (TPSA) is 0 Å². The monoisotopic (exact) mass is 1190 g/mol. The summed E-state index contributed by atoms with van der Waals surface area (Å²) >= 11 is 2.92. The summed E-state index contributed by atoms with van der Waals surface area (Å²) in [6.07, 6.45) is 17.0. The molecule has 0 aliphatic heterocycles. The number of fused-ring (bicyclic) bond motifs is 6. The molecule has 14 rings (SSSR count). The van der Waals surface area contributed by atoms with E-state index in [1.807, 2.05) is 12.1 Å². The molecule has 0 bridgehead atoms. The molecule has 0 nitrogen and oxygen atoms in total. The Morgan fingerprint density at radius 3 is 0.731 bits per heavy atom. The maximum absolute atomic E-state index is 3.28. The van der Waals surface area contributed by atoms with Crippen molar-refractivity contribution < 1.29 is 73.3 Å². The molecule has 0 atom stereocenters. The van der Waals surface area contributed by atoms with Crippen molar-refractivity contribution in [3.8, 4) is 0 Å². The molecule has 0 radical (unpaired) electrons. The second kappa shape index (κ2) is 31.4. The fourth-order valence-electron chi connectivity index (χ4n) is 9.00. The molecular formula is C74H56Cl2Zr2-2. The molecule has 12 aromatic rings. The van der Waals surface area contributed by atoms with Crippen molar-refractivity contribution >= 4 is 60.6 Å². The van der Waals surface area contributed by atoms with Crippen molar-refractivity contribution in [3.05, 3.63) is 361 Å². The summed E-state index contributed by atoms with van der Waals surface area (Å²) < 4.78 is 2.83. The Kier molecular flexibility index (Phi) is 23.6. The predicted octanol–water partition coefficient (Wildman–Crippen LogP) is 12.7. The molecule has 0 amide bonds. The Bertz CT molecular complexity index is 3430. The van der Waals surface area contributed by atoms with E-state index in [-0.39, 0.29) is 24.8 Å². The number of benzene rings is 10. The average molecular weight is 1200 g/mol. The van der Waals surface area contributed by atoms with Crippen LogP contribution in [0.4, 0.5) is 0 Å². The van der Waals surface area contributed by atoms with Crippen LogP contribution in [0.15, 0.2) is 315 Å². The van der Waals surface area contributed by atoms with E-state index in [1.165, 1.54) is 142 Å². The summed E-state index contributed by atoms with van der Waals surface area (Å²) in [5, 5.41) is 10.8. The average Bonchev–Trinajstić information content (AvgIpc) is 4.44. The van der Waals surface area contributed by atoms with Gasteiger partial charge in [-0.25, -0.2) is 0 Å². The van der Waals surface area contributed by atoms with E-state index in [2.05, 4.69) is 316 Å². The quantitative estimate of drug-likeness (QED) is 0.146. The molecule has 0 saturated heterocycles. The predicted molar refractivity (Wildman–Crippen MR) is 320 cm³/mol. The van der Waals surface area contributed by atoms with Crippen molar-refractivity contribution in [1.82, 2.24) is 0 Å². The standard InChI is InChI=1S/2C13H9.2C13H10.2C11H9.2ClH.2Zr/c2*1-3-7-12-10(5-1)9-11-6-2-4-8-13(11)12;2*1-3-7-12(8-4-1)11-13-9-5-2-6-10-13;2*1-2-6-10(7-3-1)11-8-4-5-9-11;;;;/h2*1-9H;2*1-10H;2*1-4,6-8H,5H2;2*1H;;/q2*-1;;;2*-1;;;2*+2/p-2. The Morgan fingerprint density at radius 2 is 0.500 bits per heavy atom. The maximum Gasteiger partial charge on any atom is -0.0771 e. The van der Waals surface area contributed by atoms with Crippen LogP contribution in [0, 0.1) is 12.2 Å². The summed E-state index contributed by atoms with van der Waals surface area (Å²) in [5.74, 6) is 0. The van der Waals surface area contributed by atoms with Crippen LogP contribution in [-0.4, -0.2) is 6.41 Å². The fourth-order valence-corrected chi connectivity index (χ4v) is 10.6. The van der Waals surface area contributed by atoms with Gasteiger partial charge in [0.1, 0.15) is 0 Å². The first kappa shape index (κ1) is 58.7. The Labute approximate surface area is 503 Å². The van der Waals surface area contributed by atoms with Gasteiger partial charge in [0.05, 0.1) is 0 Å². The molecule has 0 spiro atoms. The molecule has 12 aromatic carbocycles. The minimum Gasteiger partial charge on any atom is -0.126 e. The van der Waals surface area contributed by atoms with Crippen LogP contribution in [0.3, 0.4) is 0 Å². The van der Waals surface area contributed by atoms with Crippen LogP contribution in [0.25, 0.3) is 54.2 Å². The van der Waals surface area contributed by atoms with Gasteiger partial charge in [-0.2, -0.15) is 35.5 Å². The second-order valence-electron chi connectivity index (χ2n) is 18.0. The number of halogens is 2. The summed E-state index contributed by atoms with van der Waals surface area (Å²) in [5.41, 5.74) is 10.3. The van der Waals surface area contributed by atoms with Crippen LogP contribution in [0.1, 0.15) is 46.2 Å². The molecule has 4 heteroatoms. The third-order valence-electron chi connectivity index (χ3n) is 12.9. The van der Waals surface area contributed by atoms with Gasteiger partial charge in [0.2, 0.25) is 0 Å². The van der Waals surface area contributed by atoms with Crippen molar-refractivity contribution in [1.29, 1.82) is 0 Å². The smallest absolute Gasteiger partial charge is 0.0771 e. The molecule has 0 heterocycles. The Balaban J connectivity index is 0.000000135. The second-order valence-corrected chi connectivity index (χ2v) is 20.4. The van der Waals surface area contributed by atoms with Gasteiger partial charge >= 0.3 is 198 Å². The van der Waals surface area contributed by atoms with Crippen LogP contribution in [0.2, 0.25) is 0 Å². The molecule has 78 heavy (non-hydrogen) atoms. The fraction of sp³-hybridized carbons (Fsp3) is 0.0270. The molecule has 0 saturated carbocycles. The van der Waals surface area contributed by atoms with E-state index in [0.29, 0.717) is 0 Å². The van der Waals surface area contributed by atoms with Crippen LogP contribution in [0.5, 0.6) is 0 Å². The van der Waals surface area contributed by atoms with Gasteiger partial charge < -0.3 is 24.8 Å². The van der Waals surface area contributed by atoms with Gasteiger partial charge in [0.25, 0.3) is 0 Å². The number of rotatable bonds is 6. The summed E-state index contributed by atoms with van der Waals surface area (Å²) in [4.78, 5) is 0. The van der Waals surface area contributed by atoms with Crippen LogP contribution < -0.4 is 24.8 Å². The van der Waals surface area contributed by atoms with Crippen LogP contribution >= 0.6 is 0 Å². The minimum atomic E-state index is 0. The van der Waals surface area contributed by atoms with E-state index in [4.69, 9.17) is 0 Å². The first-order chi connectivity index (χ1) is 37.6. The molecule has 2 aliphatic rings.